The van der Waals surface area contributed by atoms with Crippen molar-refractivity contribution < 1.29 is 32.5 Å². The molecule has 32 heavy (non-hydrogen) atoms. The van der Waals surface area contributed by atoms with Crippen molar-refractivity contribution >= 4 is 23.8 Å². The second-order valence-electron chi connectivity index (χ2n) is 7.21. The zero-order valence-electron chi connectivity index (χ0n) is 16.9. The van der Waals surface area contributed by atoms with E-state index in [2.05, 4.69) is 19.9 Å². The Hall–Kier alpha value is -3.26. The predicted octanol–water partition coefficient (Wildman–Crippen LogP) is 1.08. The Morgan fingerprint density at radius 3 is 2.62 bits per heavy atom. The maximum absolute atomic E-state index is 13.7. The molecule has 0 bridgehead atoms. The van der Waals surface area contributed by atoms with Crippen LogP contribution in [0.3, 0.4) is 0 Å². The van der Waals surface area contributed by atoms with Crippen LogP contribution < -0.4 is 15.5 Å². The second kappa shape index (κ2) is 8.35. The predicted molar refractivity (Wildman–Crippen MR) is 105 cm³/mol. The Morgan fingerprint density at radius 1 is 1.25 bits per heavy atom. The molecule has 0 saturated carbocycles. The number of halogens is 3. The number of ether oxygens (including phenoxy) is 2. The third-order valence-electron chi connectivity index (χ3n) is 5.15. The van der Waals surface area contributed by atoms with Gasteiger partial charge in [-0.05, 0) is 6.92 Å². The van der Waals surface area contributed by atoms with E-state index in [0.29, 0.717) is 26.3 Å². The van der Waals surface area contributed by atoms with E-state index in [-0.39, 0.29) is 17.5 Å². The molecule has 14 heteroatoms. The van der Waals surface area contributed by atoms with Crippen molar-refractivity contribution in [2.75, 3.05) is 48.4 Å². The number of cyclic esters (lactones) is 1. The van der Waals surface area contributed by atoms with Gasteiger partial charge in [0, 0.05) is 30.9 Å². The molecule has 172 valence electrons. The monoisotopic (exact) mass is 455 g/mol. The summed E-state index contributed by atoms with van der Waals surface area (Å²) in [5, 5.41) is 9.73. The summed E-state index contributed by atoms with van der Waals surface area (Å²) >= 11 is 0. The summed E-state index contributed by atoms with van der Waals surface area (Å²) in [5.41, 5.74) is 3.52. The first-order valence-corrected chi connectivity index (χ1v) is 9.71. The number of hydrogen-bond donors (Lipinski definition) is 2. The van der Waals surface area contributed by atoms with Crippen molar-refractivity contribution in [1.29, 1.82) is 0 Å². The van der Waals surface area contributed by atoms with Crippen LogP contribution in [0.1, 0.15) is 12.6 Å². The number of aromatic nitrogens is 4. The van der Waals surface area contributed by atoms with Crippen molar-refractivity contribution in [2.45, 2.75) is 25.2 Å². The summed E-state index contributed by atoms with van der Waals surface area (Å²) in [6.07, 6.45) is -5.39. The second-order valence-corrected chi connectivity index (χ2v) is 7.21. The summed E-state index contributed by atoms with van der Waals surface area (Å²) in [4.78, 5) is 30.9. The number of carbonyl (C=O) groups is 1. The van der Waals surface area contributed by atoms with Gasteiger partial charge in [-0.1, -0.05) is 0 Å². The minimum Gasteiger partial charge on any atom is -0.444 e. The third kappa shape index (κ3) is 4.10. The number of amides is 1. The maximum Gasteiger partial charge on any atom is 0.434 e. The molecule has 2 aromatic rings. The van der Waals surface area contributed by atoms with Crippen molar-refractivity contribution in [3.63, 3.8) is 0 Å². The van der Waals surface area contributed by atoms with Crippen molar-refractivity contribution in [3.05, 3.63) is 18.0 Å². The first-order chi connectivity index (χ1) is 15.2. The van der Waals surface area contributed by atoms with Gasteiger partial charge in [-0.15, -0.1) is 0 Å². The Morgan fingerprint density at radius 2 is 1.97 bits per heavy atom. The SMILES string of the molecule is C[C@@H]1OC(=O)N(c2nc(-c3cnc(N)nc3C(F)(F)F)cc(N3CCOCC3)n2)[C@H]1CO. The van der Waals surface area contributed by atoms with Gasteiger partial charge in [0.1, 0.15) is 18.0 Å². The fraction of sp³-hybridized carbons (Fsp3) is 0.500. The smallest absolute Gasteiger partial charge is 0.434 e. The fourth-order valence-corrected chi connectivity index (χ4v) is 3.52. The van der Waals surface area contributed by atoms with Crippen LogP contribution in [0.15, 0.2) is 12.3 Å². The molecule has 1 amide bonds. The quantitative estimate of drug-likeness (QED) is 0.688. The first-order valence-electron chi connectivity index (χ1n) is 9.71. The lowest BCUT2D eigenvalue weighted by Crippen LogP contribution is -2.41. The summed E-state index contributed by atoms with van der Waals surface area (Å²) in [5.74, 6) is -0.467. The van der Waals surface area contributed by atoms with Crippen LogP contribution in [-0.4, -0.2) is 76.2 Å². The van der Waals surface area contributed by atoms with E-state index in [1.807, 2.05) is 0 Å². The van der Waals surface area contributed by atoms with Crippen LogP contribution >= 0.6 is 0 Å². The van der Waals surface area contributed by atoms with E-state index in [4.69, 9.17) is 15.2 Å². The van der Waals surface area contributed by atoms with E-state index in [9.17, 15) is 23.1 Å². The molecule has 0 aliphatic carbocycles. The zero-order chi connectivity index (χ0) is 23.0. The number of hydrogen-bond acceptors (Lipinski definition) is 10. The highest BCUT2D eigenvalue weighted by molar-refractivity contribution is 5.89. The number of alkyl halides is 3. The molecule has 2 aliphatic heterocycles. The highest BCUT2D eigenvalue weighted by atomic mass is 19.4. The number of rotatable bonds is 4. The Labute approximate surface area is 180 Å². The number of nitrogen functional groups attached to an aromatic ring is 1. The topological polar surface area (TPSA) is 140 Å². The molecule has 2 aromatic heterocycles. The van der Waals surface area contributed by atoms with Gasteiger partial charge < -0.3 is 25.2 Å². The molecular formula is C18H20F3N7O4. The molecule has 4 heterocycles. The van der Waals surface area contributed by atoms with Gasteiger partial charge in [0.25, 0.3) is 0 Å². The van der Waals surface area contributed by atoms with E-state index in [0.717, 1.165) is 11.1 Å². The lowest BCUT2D eigenvalue weighted by molar-refractivity contribution is -0.140. The molecule has 2 aliphatic rings. The molecule has 2 fully saturated rings. The van der Waals surface area contributed by atoms with Gasteiger partial charge >= 0.3 is 12.3 Å². The summed E-state index contributed by atoms with van der Waals surface area (Å²) in [6.45, 7) is 2.80. The molecule has 0 radical (unpaired) electrons. The van der Waals surface area contributed by atoms with Gasteiger partial charge in [-0.3, -0.25) is 0 Å². The average Bonchev–Trinajstić information content (AvgIpc) is 3.06. The normalized spacial score (nSPS) is 21.7. The van der Waals surface area contributed by atoms with E-state index in [1.54, 1.807) is 11.8 Å². The highest BCUT2D eigenvalue weighted by Crippen LogP contribution is 2.37. The van der Waals surface area contributed by atoms with Crippen LogP contribution in [0.25, 0.3) is 11.3 Å². The molecule has 2 atom stereocenters. The van der Waals surface area contributed by atoms with E-state index in [1.165, 1.54) is 6.07 Å². The van der Waals surface area contributed by atoms with Crippen LogP contribution in [0.5, 0.6) is 0 Å². The van der Waals surface area contributed by atoms with Gasteiger partial charge in [0.05, 0.1) is 25.5 Å². The molecule has 3 N–H and O–H groups in total. The van der Waals surface area contributed by atoms with Crippen molar-refractivity contribution in [3.8, 4) is 11.3 Å². The van der Waals surface area contributed by atoms with Crippen molar-refractivity contribution in [2.24, 2.45) is 0 Å². The van der Waals surface area contributed by atoms with Crippen LogP contribution in [-0.2, 0) is 15.7 Å². The molecule has 11 nitrogen and oxygen atoms in total. The Bertz CT molecular complexity index is 1020. The number of aliphatic hydroxyl groups is 1. The number of nitrogens with two attached hydrogens (primary N) is 1. The lowest BCUT2D eigenvalue weighted by atomic mass is 10.1. The third-order valence-corrected chi connectivity index (χ3v) is 5.15. The lowest BCUT2D eigenvalue weighted by Gasteiger charge is -2.29. The molecule has 0 aromatic carbocycles. The van der Waals surface area contributed by atoms with Crippen LogP contribution in [0, 0.1) is 0 Å². The van der Waals surface area contributed by atoms with Gasteiger partial charge in [0.2, 0.25) is 11.9 Å². The van der Waals surface area contributed by atoms with Gasteiger partial charge in [0.15, 0.2) is 5.69 Å². The number of carbonyl (C=O) groups excluding carboxylic acids is 1. The Kier molecular flexibility index (Phi) is 5.73. The molecule has 0 spiro atoms. The standard InChI is InChI=1S/C18H20F3N7O4/c1-9-12(8-29)28(17(30)32-9)16-24-11(6-13(25-16)27-2-4-31-5-3-27)10-7-23-15(22)26-14(10)18(19,20)21/h6-7,9,12,29H,2-5,8H2,1H3,(H2,22,23,26)/t9-,12-/m0/s1. The molecule has 2 saturated heterocycles. The Balaban J connectivity index is 1.88. The van der Waals surface area contributed by atoms with Crippen molar-refractivity contribution in [1.82, 2.24) is 19.9 Å². The number of aliphatic hydroxyl groups excluding tert-OH is 1. The van der Waals surface area contributed by atoms with Crippen LogP contribution in [0.2, 0.25) is 0 Å². The molecule has 0 unspecified atom stereocenters. The molecule has 4 rings (SSSR count). The maximum atomic E-state index is 13.7. The van der Waals surface area contributed by atoms with E-state index >= 15 is 0 Å². The first kappa shape index (κ1) is 22.0. The van der Waals surface area contributed by atoms with Crippen LogP contribution in [0.4, 0.5) is 35.7 Å². The van der Waals surface area contributed by atoms with E-state index < -0.39 is 48.2 Å². The summed E-state index contributed by atoms with van der Waals surface area (Å²) < 4.78 is 51.5. The number of morpholine rings is 1. The largest absolute Gasteiger partial charge is 0.444 e. The average molecular weight is 455 g/mol. The van der Waals surface area contributed by atoms with Gasteiger partial charge in [-0.25, -0.2) is 24.6 Å². The zero-order valence-corrected chi connectivity index (χ0v) is 16.9. The summed E-state index contributed by atoms with van der Waals surface area (Å²) in [7, 11) is 0. The fourth-order valence-electron chi connectivity index (χ4n) is 3.52. The minimum atomic E-state index is -4.83. The van der Waals surface area contributed by atoms with Gasteiger partial charge in [-0.2, -0.15) is 18.2 Å². The highest BCUT2D eigenvalue weighted by Gasteiger charge is 2.42. The number of nitrogens with zero attached hydrogens (tertiary/aromatic N) is 6. The number of anilines is 3. The molecular weight excluding hydrogens is 435 g/mol. The minimum absolute atomic E-state index is 0.159. The summed E-state index contributed by atoms with van der Waals surface area (Å²) in [6, 6.07) is 0.553.